The average Bonchev–Trinajstić information content (AvgIpc) is 2.91. The second kappa shape index (κ2) is 10.8. The standard InChI is InChI=1S/C28H19N3O6/c1-36-21-12-13-25(26(16-21)31(34)35)30-27(32)20(17-29)14-18-6-4-9-22(15-18)37-28(33)24-11-5-8-19-7-2-3-10-23(19)24/h2-16H,1H3,(H,30,32)/b20-14+. The monoisotopic (exact) mass is 493 g/mol. The molecule has 0 saturated heterocycles. The SMILES string of the molecule is COc1ccc(NC(=O)/C(C#N)=C/c2cccc(OC(=O)c3cccc4ccccc34)c2)c([N+](=O)[O-])c1. The Morgan fingerprint density at radius 3 is 2.49 bits per heavy atom. The Labute approximate surface area is 211 Å². The van der Waals surface area contributed by atoms with Crippen molar-refractivity contribution in [3.8, 4) is 17.6 Å². The van der Waals surface area contributed by atoms with E-state index in [-0.39, 0.29) is 28.4 Å². The molecule has 0 aliphatic rings. The molecule has 0 atom stereocenters. The number of anilines is 1. The zero-order valence-corrected chi connectivity index (χ0v) is 19.5. The third-order valence-corrected chi connectivity index (χ3v) is 5.40. The first-order chi connectivity index (χ1) is 17.9. The maximum atomic E-state index is 12.8. The first-order valence-corrected chi connectivity index (χ1v) is 10.9. The number of nitriles is 1. The average molecular weight is 493 g/mol. The molecular weight excluding hydrogens is 474 g/mol. The Morgan fingerprint density at radius 2 is 1.73 bits per heavy atom. The van der Waals surface area contributed by atoms with Crippen LogP contribution in [-0.2, 0) is 4.79 Å². The van der Waals surface area contributed by atoms with E-state index in [0.717, 1.165) is 10.8 Å². The van der Waals surface area contributed by atoms with Gasteiger partial charge in [-0.2, -0.15) is 5.26 Å². The summed E-state index contributed by atoms with van der Waals surface area (Å²) < 4.78 is 10.5. The molecule has 4 aromatic carbocycles. The third kappa shape index (κ3) is 5.61. The zero-order chi connectivity index (χ0) is 26.4. The number of hydrogen-bond acceptors (Lipinski definition) is 7. The van der Waals surface area contributed by atoms with E-state index >= 15 is 0 Å². The Bertz CT molecular complexity index is 1600. The molecule has 37 heavy (non-hydrogen) atoms. The Hall–Kier alpha value is -5.49. The van der Waals surface area contributed by atoms with Crippen LogP contribution in [-0.4, -0.2) is 23.9 Å². The van der Waals surface area contributed by atoms with Gasteiger partial charge in [-0.15, -0.1) is 0 Å². The third-order valence-electron chi connectivity index (χ3n) is 5.40. The number of nitrogens with zero attached hydrogens (tertiary/aromatic N) is 2. The second-order valence-corrected chi connectivity index (χ2v) is 7.75. The van der Waals surface area contributed by atoms with E-state index in [9.17, 15) is 25.0 Å². The van der Waals surface area contributed by atoms with E-state index in [1.165, 1.54) is 37.5 Å². The van der Waals surface area contributed by atoms with Gasteiger partial charge in [0.1, 0.15) is 28.8 Å². The van der Waals surface area contributed by atoms with Gasteiger partial charge in [0.05, 0.1) is 23.7 Å². The molecule has 0 aliphatic carbocycles. The Morgan fingerprint density at radius 1 is 0.973 bits per heavy atom. The second-order valence-electron chi connectivity index (χ2n) is 7.75. The molecule has 0 spiro atoms. The number of nitro benzene ring substituents is 1. The number of carbonyl (C=O) groups excluding carboxylic acids is 2. The lowest BCUT2D eigenvalue weighted by Gasteiger charge is -2.08. The minimum Gasteiger partial charge on any atom is -0.496 e. The van der Waals surface area contributed by atoms with Gasteiger partial charge in [0.25, 0.3) is 11.6 Å². The van der Waals surface area contributed by atoms with Crippen LogP contribution in [0.4, 0.5) is 11.4 Å². The lowest BCUT2D eigenvalue weighted by Crippen LogP contribution is -2.14. The van der Waals surface area contributed by atoms with E-state index in [1.54, 1.807) is 36.4 Å². The molecule has 0 aromatic heterocycles. The summed E-state index contributed by atoms with van der Waals surface area (Å²) in [4.78, 5) is 36.3. The van der Waals surface area contributed by atoms with Crippen LogP contribution in [0.1, 0.15) is 15.9 Å². The van der Waals surface area contributed by atoms with Crippen LogP contribution in [0, 0.1) is 21.4 Å². The summed E-state index contributed by atoms with van der Waals surface area (Å²) in [7, 11) is 1.36. The largest absolute Gasteiger partial charge is 0.496 e. The molecule has 1 amide bonds. The van der Waals surface area contributed by atoms with Crippen molar-refractivity contribution in [2.24, 2.45) is 0 Å². The number of hydrogen-bond donors (Lipinski definition) is 1. The molecule has 0 fully saturated rings. The number of nitrogens with one attached hydrogen (secondary N) is 1. The summed E-state index contributed by atoms with van der Waals surface area (Å²) >= 11 is 0. The van der Waals surface area contributed by atoms with Crippen LogP contribution in [0.25, 0.3) is 16.8 Å². The van der Waals surface area contributed by atoms with E-state index in [2.05, 4.69) is 5.32 Å². The van der Waals surface area contributed by atoms with Gasteiger partial charge in [0.15, 0.2) is 0 Å². The molecule has 0 unspecified atom stereocenters. The fraction of sp³-hybridized carbons (Fsp3) is 0.0357. The Balaban J connectivity index is 1.55. The normalized spacial score (nSPS) is 10.9. The van der Waals surface area contributed by atoms with Crippen molar-refractivity contribution in [2.75, 3.05) is 12.4 Å². The van der Waals surface area contributed by atoms with Gasteiger partial charge in [-0.1, -0.05) is 48.5 Å². The van der Waals surface area contributed by atoms with Gasteiger partial charge in [0.2, 0.25) is 0 Å². The van der Waals surface area contributed by atoms with Crippen molar-refractivity contribution < 1.29 is 24.0 Å². The quantitative estimate of drug-likeness (QED) is 0.0895. The highest BCUT2D eigenvalue weighted by molar-refractivity contribution is 6.10. The van der Waals surface area contributed by atoms with Crippen LogP contribution in [0.15, 0.2) is 90.5 Å². The van der Waals surface area contributed by atoms with Crippen molar-refractivity contribution in [3.63, 3.8) is 0 Å². The number of ether oxygens (including phenoxy) is 2. The molecule has 1 N–H and O–H groups in total. The molecule has 9 heteroatoms. The van der Waals surface area contributed by atoms with Crippen molar-refractivity contribution >= 4 is 40.1 Å². The predicted octanol–water partition coefficient (Wildman–Crippen LogP) is 5.52. The maximum absolute atomic E-state index is 12.8. The van der Waals surface area contributed by atoms with Gasteiger partial charge in [-0.05, 0) is 52.7 Å². The lowest BCUT2D eigenvalue weighted by atomic mass is 10.0. The number of amides is 1. The molecule has 4 rings (SSSR count). The summed E-state index contributed by atoms with van der Waals surface area (Å²) in [5, 5.41) is 25.0. The molecular formula is C28H19N3O6. The molecule has 4 aromatic rings. The topological polar surface area (TPSA) is 132 Å². The van der Waals surface area contributed by atoms with E-state index in [1.807, 2.05) is 30.3 Å². The van der Waals surface area contributed by atoms with Gasteiger partial charge >= 0.3 is 5.97 Å². The van der Waals surface area contributed by atoms with E-state index < -0.39 is 16.8 Å². The summed E-state index contributed by atoms with van der Waals surface area (Å²) in [6.45, 7) is 0. The number of esters is 1. The summed E-state index contributed by atoms with van der Waals surface area (Å²) in [5.74, 6) is -0.928. The lowest BCUT2D eigenvalue weighted by molar-refractivity contribution is -0.384. The minimum absolute atomic E-state index is 0.0882. The maximum Gasteiger partial charge on any atom is 0.344 e. The number of methoxy groups -OCH3 is 1. The smallest absolute Gasteiger partial charge is 0.344 e. The fourth-order valence-corrected chi connectivity index (χ4v) is 3.63. The van der Waals surface area contributed by atoms with Gasteiger partial charge in [-0.25, -0.2) is 4.79 Å². The number of nitro groups is 1. The van der Waals surface area contributed by atoms with Crippen LogP contribution >= 0.6 is 0 Å². The van der Waals surface area contributed by atoms with E-state index in [0.29, 0.717) is 11.1 Å². The Kier molecular flexibility index (Phi) is 7.21. The van der Waals surface area contributed by atoms with E-state index in [4.69, 9.17) is 9.47 Å². The predicted molar refractivity (Wildman–Crippen MR) is 137 cm³/mol. The number of benzene rings is 4. The molecule has 9 nitrogen and oxygen atoms in total. The number of rotatable bonds is 7. The molecule has 0 bridgehead atoms. The highest BCUT2D eigenvalue weighted by Gasteiger charge is 2.19. The van der Waals surface area contributed by atoms with Crippen LogP contribution in [0.3, 0.4) is 0 Å². The summed E-state index contributed by atoms with van der Waals surface area (Å²) in [5.41, 5.74) is 0.0427. The van der Waals surface area contributed by atoms with Gasteiger partial charge in [0, 0.05) is 0 Å². The van der Waals surface area contributed by atoms with Crippen LogP contribution in [0.2, 0.25) is 0 Å². The summed E-state index contributed by atoms with van der Waals surface area (Å²) in [6.07, 6.45) is 1.29. The highest BCUT2D eigenvalue weighted by atomic mass is 16.6. The van der Waals surface area contributed by atoms with Crippen molar-refractivity contribution in [3.05, 3.63) is 112 Å². The molecule has 0 saturated carbocycles. The molecule has 182 valence electrons. The molecule has 0 aliphatic heterocycles. The van der Waals surface area contributed by atoms with Gasteiger partial charge < -0.3 is 14.8 Å². The van der Waals surface area contributed by atoms with Gasteiger partial charge in [-0.3, -0.25) is 14.9 Å². The first kappa shape index (κ1) is 24.6. The van der Waals surface area contributed by atoms with Crippen LogP contribution < -0.4 is 14.8 Å². The number of fused-ring (bicyclic) bond motifs is 1. The summed E-state index contributed by atoms with van der Waals surface area (Å²) in [6, 6.07) is 24.8. The fourth-order valence-electron chi connectivity index (χ4n) is 3.63. The first-order valence-electron chi connectivity index (χ1n) is 10.9. The van der Waals surface area contributed by atoms with Crippen molar-refractivity contribution in [1.29, 1.82) is 5.26 Å². The van der Waals surface area contributed by atoms with Crippen LogP contribution in [0.5, 0.6) is 11.5 Å². The minimum atomic E-state index is -0.839. The van der Waals surface area contributed by atoms with Crippen molar-refractivity contribution in [2.45, 2.75) is 0 Å². The molecule has 0 radical (unpaired) electrons. The molecule has 0 heterocycles. The highest BCUT2D eigenvalue weighted by Crippen LogP contribution is 2.29. The zero-order valence-electron chi connectivity index (χ0n) is 19.5. The number of carbonyl (C=O) groups is 2. The van der Waals surface area contributed by atoms with Crippen molar-refractivity contribution in [1.82, 2.24) is 0 Å².